The summed E-state index contributed by atoms with van der Waals surface area (Å²) in [5, 5.41) is 20.5. The summed E-state index contributed by atoms with van der Waals surface area (Å²) < 4.78 is 0. The Morgan fingerprint density at radius 1 is 0.893 bits per heavy atom. The Labute approximate surface area is 160 Å². The van der Waals surface area contributed by atoms with Gasteiger partial charge in [-0.15, -0.1) is 0 Å². The van der Waals surface area contributed by atoms with E-state index in [-0.39, 0.29) is 23.0 Å². The lowest BCUT2D eigenvalue weighted by Gasteiger charge is -2.23. The summed E-state index contributed by atoms with van der Waals surface area (Å²) in [6, 6.07) is 15.3. The molecule has 1 fully saturated rings. The fourth-order valence-corrected chi connectivity index (χ4v) is 3.18. The third kappa shape index (κ3) is 2.88. The van der Waals surface area contributed by atoms with E-state index in [0.717, 1.165) is 4.90 Å². The SMILES string of the molecule is O=C1C(=O)N(c2ncccn2)C(c2ccc(O)cc2)/C1=C(/O)c1ccccc1. The molecule has 0 spiro atoms. The van der Waals surface area contributed by atoms with E-state index in [2.05, 4.69) is 9.97 Å². The van der Waals surface area contributed by atoms with Gasteiger partial charge in [-0.25, -0.2) is 9.97 Å². The van der Waals surface area contributed by atoms with Gasteiger partial charge in [-0.2, -0.15) is 0 Å². The predicted octanol–water partition coefficient (Wildman–Crippen LogP) is 2.81. The number of amides is 1. The number of aliphatic hydroxyl groups excluding tert-OH is 1. The molecule has 28 heavy (non-hydrogen) atoms. The molecule has 2 heterocycles. The van der Waals surface area contributed by atoms with Gasteiger partial charge in [0.05, 0.1) is 11.6 Å². The maximum Gasteiger partial charge on any atom is 0.302 e. The number of phenolic OH excluding ortho intramolecular Hbond substituents is 1. The molecule has 1 unspecified atom stereocenters. The Kier molecular flexibility index (Phi) is 4.33. The highest BCUT2D eigenvalue weighted by molar-refractivity contribution is 6.51. The minimum Gasteiger partial charge on any atom is -0.508 e. The van der Waals surface area contributed by atoms with Gasteiger partial charge in [-0.1, -0.05) is 42.5 Å². The smallest absolute Gasteiger partial charge is 0.302 e. The number of benzene rings is 2. The van der Waals surface area contributed by atoms with E-state index >= 15 is 0 Å². The molecular weight excluding hydrogens is 358 g/mol. The van der Waals surface area contributed by atoms with Crippen molar-refractivity contribution in [3.8, 4) is 5.75 Å². The highest BCUT2D eigenvalue weighted by Crippen LogP contribution is 2.41. The summed E-state index contributed by atoms with van der Waals surface area (Å²) in [5.74, 6) is -1.85. The minimum atomic E-state index is -0.928. The molecule has 2 aromatic carbocycles. The van der Waals surface area contributed by atoms with Crippen molar-refractivity contribution >= 4 is 23.4 Å². The highest BCUT2D eigenvalue weighted by atomic mass is 16.3. The molecule has 1 amide bonds. The summed E-state index contributed by atoms with van der Waals surface area (Å²) in [5.41, 5.74) is 0.884. The van der Waals surface area contributed by atoms with Crippen LogP contribution in [0.3, 0.4) is 0 Å². The van der Waals surface area contributed by atoms with Crippen molar-refractivity contribution < 1.29 is 19.8 Å². The van der Waals surface area contributed by atoms with Gasteiger partial charge in [-0.3, -0.25) is 14.5 Å². The van der Waals surface area contributed by atoms with E-state index in [9.17, 15) is 19.8 Å². The number of aliphatic hydroxyl groups is 1. The first kappa shape index (κ1) is 17.4. The standard InChI is InChI=1S/C21H15N3O4/c25-15-9-7-13(8-10-15)17-16(18(26)14-5-2-1-3-6-14)19(27)20(28)24(17)21-22-11-4-12-23-21/h1-12,17,25-26H/b18-16-. The zero-order valence-electron chi connectivity index (χ0n) is 14.6. The lowest BCUT2D eigenvalue weighted by atomic mass is 9.95. The molecular formula is C21H15N3O4. The monoisotopic (exact) mass is 373 g/mol. The number of ketones is 1. The number of aromatic nitrogens is 2. The Balaban J connectivity index is 1.95. The van der Waals surface area contributed by atoms with Gasteiger partial charge in [0.2, 0.25) is 5.95 Å². The lowest BCUT2D eigenvalue weighted by Crippen LogP contribution is -2.31. The van der Waals surface area contributed by atoms with Gasteiger partial charge in [0.1, 0.15) is 11.5 Å². The van der Waals surface area contributed by atoms with Crippen LogP contribution in [0.25, 0.3) is 5.76 Å². The molecule has 1 aliphatic rings. The first-order valence-corrected chi connectivity index (χ1v) is 8.50. The molecule has 1 aromatic heterocycles. The van der Waals surface area contributed by atoms with E-state index in [0.29, 0.717) is 11.1 Å². The first-order chi connectivity index (χ1) is 13.6. The largest absolute Gasteiger partial charge is 0.508 e. The topological polar surface area (TPSA) is 104 Å². The number of nitrogens with zero attached hydrogens (tertiary/aromatic N) is 3. The number of aromatic hydroxyl groups is 1. The molecule has 7 nitrogen and oxygen atoms in total. The maximum atomic E-state index is 12.8. The van der Waals surface area contributed by atoms with Crippen molar-refractivity contribution in [3.63, 3.8) is 0 Å². The molecule has 0 bridgehead atoms. The number of hydrogen-bond donors (Lipinski definition) is 2. The van der Waals surface area contributed by atoms with Crippen molar-refractivity contribution in [1.29, 1.82) is 0 Å². The van der Waals surface area contributed by atoms with Gasteiger partial charge >= 0.3 is 5.91 Å². The quantitative estimate of drug-likeness (QED) is 0.416. The summed E-state index contributed by atoms with van der Waals surface area (Å²) >= 11 is 0. The van der Waals surface area contributed by atoms with Crippen LogP contribution in [-0.2, 0) is 9.59 Å². The van der Waals surface area contributed by atoms with Crippen molar-refractivity contribution in [3.05, 3.63) is 89.8 Å². The minimum absolute atomic E-state index is 0.0414. The summed E-state index contributed by atoms with van der Waals surface area (Å²) in [7, 11) is 0. The Hall–Kier alpha value is -4.00. The van der Waals surface area contributed by atoms with Crippen LogP contribution in [0.2, 0.25) is 0 Å². The molecule has 1 saturated heterocycles. The van der Waals surface area contributed by atoms with E-state index in [4.69, 9.17) is 0 Å². The van der Waals surface area contributed by atoms with Crippen LogP contribution < -0.4 is 4.90 Å². The van der Waals surface area contributed by atoms with Gasteiger partial charge in [0.25, 0.3) is 5.78 Å². The molecule has 2 N–H and O–H groups in total. The van der Waals surface area contributed by atoms with Gasteiger partial charge < -0.3 is 10.2 Å². The molecule has 1 aliphatic heterocycles. The summed E-state index contributed by atoms with van der Waals surface area (Å²) in [6.07, 6.45) is 2.93. The van der Waals surface area contributed by atoms with Crippen LogP contribution in [0, 0.1) is 0 Å². The number of rotatable bonds is 3. The third-order valence-corrected chi connectivity index (χ3v) is 4.47. The summed E-state index contributed by atoms with van der Waals surface area (Å²) in [4.78, 5) is 35.0. The Morgan fingerprint density at radius 3 is 2.18 bits per heavy atom. The Bertz CT molecular complexity index is 1060. The van der Waals surface area contributed by atoms with Crippen LogP contribution in [0.15, 0.2) is 78.6 Å². The van der Waals surface area contributed by atoms with E-state index in [1.54, 1.807) is 48.5 Å². The predicted molar refractivity (Wildman–Crippen MR) is 101 cm³/mol. The molecule has 7 heteroatoms. The zero-order valence-corrected chi connectivity index (χ0v) is 14.6. The molecule has 0 aliphatic carbocycles. The number of carbonyl (C=O) groups excluding carboxylic acids is 2. The summed E-state index contributed by atoms with van der Waals surface area (Å²) in [6.45, 7) is 0. The van der Waals surface area contributed by atoms with Crippen molar-refractivity contribution in [2.24, 2.45) is 0 Å². The average Bonchev–Trinajstić information content (AvgIpc) is 3.00. The molecule has 138 valence electrons. The van der Waals surface area contributed by atoms with E-state index in [1.165, 1.54) is 24.5 Å². The second-order valence-electron chi connectivity index (χ2n) is 6.18. The normalized spacial score (nSPS) is 18.4. The van der Waals surface area contributed by atoms with Gasteiger partial charge in [0.15, 0.2) is 0 Å². The molecule has 3 aromatic rings. The number of phenols is 1. The molecule has 0 radical (unpaired) electrons. The van der Waals surface area contributed by atoms with Crippen molar-refractivity contribution in [2.45, 2.75) is 6.04 Å². The number of hydrogen-bond acceptors (Lipinski definition) is 6. The fraction of sp³-hybridized carbons (Fsp3) is 0.0476. The Morgan fingerprint density at radius 2 is 1.54 bits per heavy atom. The number of anilines is 1. The molecule has 4 rings (SSSR count). The third-order valence-electron chi connectivity index (χ3n) is 4.47. The van der Waals surface area contributed by atoms with Crippen LogP contribution in [0.1, 0.15) is 17.2 Å². The number of carbonyl (C=O) groups is 2. The van der Waals surface area contributed by atoms with Gasteiger partial charge in [0, 0.05) is 18.0 Å². The van der Waals surface area contributed by atoms with Gasteiger partial charge in [-0.05, 0) is 23.8 Å². The van der Waals surface area contributed by atoms with Crippen LogP contribution in [0.5, 0.6) is 5.75 Å². The van der Waals surface area contributed by atoms with Crippen LogP contribution in [-0.4, -0.2) is 31.9 Å². The highest BCUT2D eigenvalue weighted by Gasteiger charge is 2.48. The first-order valence-electron chi connectivity index (χ1n) is 8.50. The van der Waals surface area contributed by atoms with Crippen molar-refractivity contribution in [1.82, 2.24) is 9.97 Å². The average molecular weight is 373 g/mol. The lowest BCUT2D eigenvalue weighted by molar-refractivity contribution is -0.132. The number of Topliss-reactive ketones (excluding diaryl/α,β-unsaturated/α-hetero) is 1. The van der Waals surface area contributed by atoms with E-state index < -0.39 is 17.7 Å². The molecule has 1 atom stereocenters. The second kappa shape index (κ2) is 6.96. The van der Waals surface area contributed by atoms with E-state index in [1.807, 2.05) is 0 Å². The maximum absolute atomic E-state index is 12.8. The second-order valence-corrected chi connectivity index (χ2v) is 6.18. The fourth-order valence-electron chi connectivity index (χ4n) is 3.18. The van der Waals surface area contributed by atoms with Crippen LogP contribution in [0.4, 0.5) is 5.95 Å². The van der Waals surface area contributed by atoms with Crippen molar-refractivity contribution in [2.75, 3.05) is 4.90 Å². The zero-order chi connectivity index (χ0) is 19.7. The van der Waals surface area contributed by atoms with Crippen LogP contribution >= 0.6 is 0 Å². The molecule has 0 saturated carbocycles.